The molecule has 0 saturated carbocycles. The Balaban J connectivity index is 0.000000720. The lowest BCUT2D eigenvalue weighted by Crippen LogP contribution is -1.75. The Morgan fingerprint density at radius 1 is 1.64 bits per heavy atom. The number of aromatic amines is 1. The predicted molar refractivity (Wildman–Crippen MR) is 43.6 cm³/mol. The zero-order valence-corrected chi connectivity index (χ0v) is 5.74. The first-order valence-corrected chi connectivity index (χ1v) is 3.29. The molecular weight excluding hydrogens is 140 g/mol. The van der Waals surface area contributed by atoms with Gasteiger partial charge in [0.15, 0.2) is 6.29 Å². The van der Waals surface area contributed by atoms with E-state index in [1.807, 2.05) is 12.1 Å². The molecule has 0 fully saturated rings. The van der Waals surface area contributed by atoms with Crippen LogP contribution in [0.3, 0.4) is 0 Å². The van der Waals surface area contributed by atoms with Crippen LogP contribution in [0.4, 0.5) is 0 Å². The van der Waals surface area contributed by atoms with Crippen LogP contribution in [0.5, 0.6) is 0 Å². The van der Waals surface area contributed by atoms with E-state index in [9.17, 15) is 4.79 Å². The fraction of sp³-hybridized carbons (Fsp3) is 0. The molecule has 0 bridgehead atoms. The van der Waals surface area contributed by atoms with Crippen molar-refractivity contribution in [3.63, 3.8) is 0 Å². The number of aldehydes is 1. The van der Waals surface area contributed by atoms with Crippen molar-refractivity contribution in [2.45, 2.75) is 0 Å². The molecule has 1 N–H and O–H groups in total. The third kappa shape index (κ3) is 0.816. The molecule has 11 heavy (non-hydrogen) atoms. The molecule has 0 amide bonds. The van der Waals surface area contributed by atoms with Crippen LogP contribution in [-0.2, 0) is 0 Å². The second-order valence-electron chi connectivity index (χ2n) is 2.26. The number of H-pyrrole nitrogens is 1. The first-order valence-electron chi connectivity index (χ1n) is 3.29. The third-order valence-electron chi connectivity index (χ3n) is 1.61. The molecule has 3 heteroatoms. The fourth-order valence-corrected chi connectivity index (χ4v) is 1.07. The quantitative estimate of drug-likeness (QED) is 0.624. The van der Waals surface area contributed by atoms with Gasteiger partial charge in [-0.25, -0.2) is 4.98 Å². The summed E-state index contributed by atoms with van der Waals surface area (Å²) in [6.45, 7) is 0. The van der Waals surface area contributed by atoms with Gasteiger partial charge in [0, 0.05) is 24.8 Å². The standard InChI is InChI=1S/C8H6N2O.H2/c11-5-6-4-10-8-7(6)2-1-3-9-8;/h1-5H,(H,9,10);1H. The zero-order valence-electron chi connectivity index (χ0n) is 5.74. The highest BCUT2D eigenvalue weighted by Crippen LogP contribution is 2.12. The molecule has 3 nitrogen and oxygen atoms in total. The van der Waals surface area contributed by atoms with E-state index in [4.69, 9.17) is 0 Å². The third-order valence-corrected chi connectivity index (χ3v) is 1.61. The van der Waals surface area contributed by atoms with E-state index in [0.717, 1.165) is 17.3 Å². The van der Waals surface area contributed by atoms with Crippen LogP contribution in [0.2, 0.25) is 0 Å². The SMILES string of the molecule is O=Cc1c[nH]c2ncccc12.[HH]. The van der Waals surface area contributed by atoms with E-state index in [1.165, 1.54) is 0 Å². The summed E-state index contributed by atoms with van der Waals surface area (Å²) in [6, 6.07) is 3.67. The lowest BCUT2D eigenvalue weighted by atomic mass is 10.2. The van der Waals surface area contributed by atoms with Crippen LogP contribution >= 0.6 is 0 Å². The minimum Gasteiger partial charge on any atom is -0.345 e. The van der Waals surface area contributed by atoms with Crippen molar-refractivity contribution in [1.29, 1.82) is 0 Å². The highest BCUT2D eigenvalue weighted by molar-refractivity contribution is 5.95. The van der Waals surface area contributed by atoms with Crippen molar-refractivity contribution in [2.75, 3.05) is 0 Å². The lowest BCUT2D eigenvalue weighted by Gasteiger charge is -1.85. The largest absolute Gasteiger partial charge is 0.345 e. The minimum absolute atomic E-state index is 0. The van der Waals surface area contributed by atoms with Gasteiger partial charge in [-0.3, -0.25) is 4.79 Å². The van der Waals surface area contributed by atoms with Crippen molar-refractivity contribution in [1.82, 2.24) is 9.97 Å². The molecule has 0 aromatic carbocycles. The molecule has 0 aliphatic carbocycles. The normalized spacial score (nSPS) is 10.2. The molecule has 0 aliphatic rings. The van der Waals surface area contributed by atoms with E-state index < -0.39 is 0 Å². The second kappa shape index (κ2) is 2.20. The first-order chi connectivity index (χ1) is 5.42. The zero-order chi connectivity index (χ0) is 7.68. The topological polar surface area (TPSA) is 45.8 Å². The monoisotopic (exact) mass is 148 g/mol. The number of nitrogens with one attached hydrogen (secondary N) is 1. The maximum atomic E-state index is 10.4. The molecular formula is C8H8N2O. The summed E-state index contributed by atoms with van der Waals surface area (Å²) in [5.74, 6) is 0. The van der Waals surface area contributed by atoms with Gasteiger partial charge in [-0.1, -0.05) is 0 Å². The summed E-state index contributed by atoms with van der Waals surface area (Å²) < 4.78 is 0. The van der Waals surface area contributed by atoms with Crippen molar-refractivity contribution >= 4 is 17.3 Å². The molecule has 2 aromatic heterocycles. The molecule has 0 aliphatic heterocycles. The van der Waals surface area contributed by atoms with E-state index >= 15 is 0 Å². The van der Waals surface area contributed by atoms with Gasteiger partial charge in [0.1, 0.15) is 5.65 Å². The van der Waals surface area contributed by atoms with Crippen LogP contribution in [0.1, 0.15) is 11.8 Å². The van der Waals surface area contributed by atoms with Gasteiger partial charge in [-0.05, 0) is 12.1 Å². The smallest absolute Gasteiger partial charge is 0.152 e. The number of rotatable bonds is 1. The first kappa shape index (κ1) is 6.09. The molecule has 0 unspecified atom stereocenters. The number of aromatic nitrogens is 2. The van der Waals surface area contributed by atoms with Crippen LogP contribution in [-0.4, -0.2) is 16.3 Å². The Morgan fingerprint density at radius 2 is 2.55 bits per heavy atom. The van der Waals surface area contributed by atoms with E-state index in [2.05, 4.69) is 9.97 Å². The maximum Gasteiger partial charge on any atom is 0.152 e. The second-order valence-corrected chi connectivity index (χ2v) is 2.26. The van der Waals surface area contributed by atoms with Gasteiger partial charge in [-0.2, -0.15) is 0 Å². The minimum atomic E-state index is 0. The molecule has 0 saturated heterocycles. The van der Waals surface area contributed by atoms with Crippen molar-refractivity contribution in [3.05, 3.63) is 30.1 Å². The number of carbonyl (C=O) groups is 1. The summed E-state index contributed by atoms with van der Waals surface area (Å²) in [4.78, 5) is 17.4. The van der Waals surface area contributed by atoms with Gasteiger partial charge < -0.3 is 4.98 Å². The number of nitrogens with zero attached hydrogens (tertiary/aromatic N) is 1. The summed E-state index contributed by atoms with van der Waals surface area (Å²) in [6.07, 6.45) is 4.17. The number of pyridine rings is 1. The Hall–Kier alpha value is -1.64. The van der Waals surface area contributed by atoms with Gasteiger partial charge in [0.25, 0.3) is 0 Å². The average Bonchev–Trinajstić information content (AvgIpc) is 2.47. The Labute approximate surface area is 64.6 Å². The van der Waals surface area contributed by atoms with Crippen molar-refractivity contribution in [3.8, 4) is 0 Å². The van der Waals surface area contributed by atoms with Crippen molar-refractivity contribution < 1.29 is 6.22 Å². The van der Waals surface area contributed by atoms with E-state index in [1.54, 1.807) is 12.4 Å². The predicted octanol–water partition coefficient (Wildman–Crippen LogP) is 1.62. The number of hydrogen-bond acceptors (Lipinski definition) is 2. The molecule has 0 radical (unpaired) electrons. The van der Waals surface area contributed by atoms with Crippen LogP contribution in [0.15, 0.2) is 24.5 Å². The average molecular weight is 148 g/mol. The van der Waals surface area contributed by atoms with Crippen LogP contribution in [0, 0.1) is 0 Å². The molecule has 0 atom stereocenters. The summed E-state index contributed by atoms with van der Waals surface area (Å²) >= 11 is 0. The van der Waals surface area contributed by atoms with Crippen LogP contribution < -0.4 is 0 Å². The lowest BCUT2D eigenvalue weighted by molar-refractivity contribution is 0.112. The Morgan fingerprint density at radius 3 is 3.36 bits per heavy atom. The van der Waals surface area contributed by atoms with Gasteiger partial charge in [0.2, 0.25) is 0 Å². The highest BCUT2D eigenvalue weighted by atomic mass is 16.1. The number of carbonyl (C=O) groups excluding carboxylic acids is 1. The molecule has 2 heterocycles. The van der Waals surface area contributed by atoms with E-state index in [0.29, 0.717) is 5.56 Å². The van der Waals surface area contributed by atoms with Gasteiger partial charge in [-0.15, -0.1) is 0 Å². The number of hydrogen-bond donors (Lipinski definition) is 1. The molecule has 0 spiro atoms. The molecule has 56 valence electrons. The molecule has 2 aromatic rings. The summed E-state index contributed by atoms with van der Waals surface area (Å²) in [7, 11) is 0. The van der Waals surface area contributed by atoms with Crippen molar-refractivity contribution in [2.24, 2.45) is 0 Å². The summed E-state index contributed by atoms with van der Waals surface area (Å²) in [5.41, 5.74) is 1.42. The Kier molecular flexibility index (Phi) is 1.22. The van der Waals surface area contributed by atoms with Gasteiger partial charge in [0.05, 0.1) is 0 Å². The van der Waals surface area contributed by atoms with E-state index in [-0.39, 0.29) is 1.43 Å². The van der Waals surface area contributed by atoms with Crippen LogP contribution in [0.25, 0.3) is 11.0 Å². The number of fused-ring (bicyclic) bond motifs is 1. The fourth-order valence-electron chi connectivity index (χ4n) is 1.07. The highest BCUT2D eigenvalue weighted by Gasteiger charge is 2.00. The Bertz CT molecular complexity index is 397. The summed E-state index contributed by atoms with van der Waals surface area (Å²) in [5, 5.41) is 0.877. The van der Waals surface area contributed by atoms with Gasteiger partial charge >= 0.3 is 0 Å². The molecule has 2 rings (SSSR count). The maximum absolute atomic E-state index is 10.4.